The topological polar surface area (TPSA) is 49.9 Å². The predicted molar refractivity (Wildman–Crippen MR) is 119 cm³/mol. The summed E-state index contributed by atoms with van der Waals surface area (Å²) in [4.78, 5) is 29.0. The van der Waals surface area contributed by atoms with E-state index >= 15 is 0 Å². The van der Waals surface area contributed by atoms with Gasteiger partial charge in [0.05, 0.1) is 6.61 Å². The number of nitrogens with zero attached hydrogens (tertiary/aromatic N) is 2. The van der Waals surface area contributed by atoms with Gasteiger partial charge >= 0.3 is 0 Å². The first-order valence-corrected chi connectivity index (χ1v) is 10.8. The predicted octanol–water partition coefficient (Wildman–Crippen LogP) is 4.49. The average molecular weight is 429 g/mol. The molecular formula is C24H29ClN2O3. The van der Waals surface area contributed by atoms with Gasteiger partial charge < -0.3 is 14.5 Å². The maximum Gasteiger partial charge on any atom is 0.253 e. The molecule has 30 heavy (non-hydrogen) atoms. The number of amides is 2. The van der Waals surface area contributed by atoms with Crippen LogP contribution < -0.4 is 4.74 Å². The molecule has 0 N–H and O–H groups in total. The number of aryl methyl sites for hydroxylation is 2. The zero-order chi connectivity index (χ0) is 21.5. The quantitative estimate of drug-likeness (QED) is 0.637. The zero-order valence-corrected chi connectivity index (χ0v) is 18.5. The average Bonchev–Trinajstić information content (AvgIpc) is 2.99. The smallest absolute Gasteiger partial charge is 0.253 e. The summed E-state index contributed by atoms with van der Waals surface area (Å²) in [6.45, 7) is 7.03. The molecule has 0 atom stereocenters. The van der Waals surface area contributed by atoms with Gasteiger partial charge in [-0.3, -0.25) is 9.59 Å². The minimum Gasteiger partial charge on any atom is -0.493 e. The fourth-order valence-corrected chi connectivity index (χ4v) is 3.85. The van der Waals surface area contributed by atoms with Gasteiger partial charge in [-0.05, 0) is 62.1 Å². The number of benzene rings is 2. The van der Waals surface area contributed by atoms with Crippen LogP contribution in [0.2, 0.25) is 5.02 Å². The highest BCUT2D eigenvalue weighted by Crippen LogP contribution is 2.22. The lowest BCUT2D eigenvalue weighted by atomic mass is 10.1. The Kier molecular flexibility index (Phi) is 7.75. The molecular weight excluding hydrogens is 400 g/mol. The van der Waals surface area contributed by atoms with Crippen LogP contribution >= 0.6 is 11.6 Å². The lowest BCUT2D eigenvalue weighted by molar-refractivity contribution is -0.131. The molecule has 1 saturated heterocycles. The zero-order valence-electron chi connectivity index (χ0n) is 17.7. The Balaban J connectivity index is 1.45. The second-order valence-electron chi connectivity index (χ2n) is 7.71. The number of hydrogen-bond acceptors (Lipinski definition) is 3. The summed E-state index contributed by atoms with van der Waals surface area (Å²) in [5.74, 6) is 1.03. The molecule has 2 aromatic carbocycles. The molecule has 160 valence electrons. The highest BCUT2D eigenvalue weighted by Gasteiger charge is 2.22. The molecule has 0 aromatic heterocycles. The van der Waals surface area contributed by atoms with E-state index in [9.17, 15) is 9.59 Å². The Hall–Kier alpha value is -2.53. The van der Waals surface area contributed by atoms with Crippen LogP contribution in [0.4, 0.5) is 0 Å². The van der Waals surface area contributed by atoms with E-state index in [2.05, 4.69) is 0 Å². The summed E-state index contributed by atoms with van der Waals surface area (Å²) in [6.07, 6.45) is 1.91. The highest BCUT2D eigenvalue weighted by atomic mass is 35.5. The second kappa shape index (κ2) is 10.5. The Morgan fingerprint density at radius 3 is 2.27 bits per heavy atom. The molecule has 0 saturated carbocycles. The SMILES string of the molecule is Cc1cccc(C)c1OCCCC(=O)N1CCCN(C(=O)c2ccc(Cl)cc2)CC1. The van der Waals surface area contributed by atoms with Crippen molar-refractivity contribution in [3.05, 3.63) is 64.2 Å². The largest absolute Gasteiger partial charge is 0.493 e. The van der Waals surface area contributed by atoms with Gasteiger partial charge in [-0.1, -0.05) is 29.8 Å². The van der Waals surface area contributed by atoms with Crippen molar-refractivity contribution in [2.45, 2.75) is 33.1 Å². The number of para-hydroxylation sites is 1. The first-order chi connectivity index (χ1) is 14.5. The minimum atomic E-state index is -0.0111. The molecule has 1 aliphatic heterocycles. The Morgan fingerprint density at radius 2 is 1.57 bits per heavy atom. The third-order valence-corrected chi connectivity index (χ3v) is 5.67. The maximum atomic E-state index is 12.7. The van der Waals surface area contributed by atoms with Gasteiger partial charge in [0.2, 0.25) is 5.91 Å². The molecule has 2 aromatic rings. The van der Waals surface area contributed by atoms with Gasteiger partial charge in [-0.15, -0.1) is 0 Å². The van der Waals surface area contributed by atoms with E-state index in [-0.39, 0.29) is 11.8 Å². The standard InChI is InChI=1S/C24H29ClN2O3/c1-18-6-3-7-19(2)23(18)30-17-4-8-22(28)26-13-5-14-27(16-15-26)24(29)20-9-11-21(25)12-10-20/h3,6-7,9-12H,4-5,8,13-17H2,1-2H3. The van der Waals surface area contributed by atoms with E-state index < -0.39 is 0 Å². The normalized spacial score (nSPS) is 14.4. The van der Waals surface area contributed by atoms with Crippen molar-refractivity contribution in [1.29, 1.82) is 0 Å². The molecule has 6 heteroatoms. The number of ether oxygens (including phenoxy) is 1. The molecule has 0 unspecified atom stereocenters. The van der Waals surface area contributed by atoms with Crippen LogP contribution in [-0.4, -0.2) is 54.4 Å². The number of hydrogen-bond donors (Lipinski definition) is 0. The summed E-state index contributed by atoms with van der Waals surface area (Å²) in [7, 11) is 0. The van der Waals surface area contributed by atoms with Crippen molar-refractivity contribution in [2.24, 2.45) is 0 Å². The molecule has 0 aliphatic carbocycles. The molecule has 0 bridgehead atoms. The van der Waals surface area contributed by atoms with Crippen LogP contribution in [0, 0.1) is 13.8 Å². The van der Waals surface area contributed by atoms with Crippen molar-refractivity contribution in [3.8, 4) is 5.75 Å². The summed E-state index contributed by atoms with van der Waals surface area (Å²) < 4.78 is 5.90. The van der Waals surface area contributed by atoms with Crippen molar-refractivity contribution < 1.29 is 14.3 Å². The Bertz CT molecular complexity index is 862. The van der Waals surface area contributed by atoms with Crippen LogP contribution in [0.1, 0.15) is 40.7 Å². The molecule has 0 radical (unpaired) electrons. The van der Waals surface area contributed by atoms with Gasteiger partial charge in [0, 0.05) is 43.2 Å². The highest BCUT2D eigenvalue weighted by molar-refractivity contribution is 6.30. The van der Waals surface area contributed by atoms with E-state index in [1.54, 1.807) is 24.3 Å². The summed E-state index contributed by atoms with van der Waals surface area (Å²) in [6, 6.07) is 13.0. The van der Waals surface area contributed by atoms with Crippen LogP contribution in [-0.2, 0) is 4.79 Å². The van der Waals surface area contributed by atoms with E-state index in [0.29, 0.717) is 56.2 Å². The Labute approximate surface area is 183 Å². The van der Waals surface area contributed by atoms with E-state index in [1.807, 2.05) is 41.8 Å². The Morgan fingerprint density at radius 1 is 0.933 bits per heavy atom. The number of halogens is 1. The molecule has 3 rings (SSSR count). The number of carbonyl (C=O) groups is 2. The van der Waals surface area contributed by atoms with Crippen molar-refractivity contribution in [3.63, 3.8) is 0 Å². The third-order valence-electron chi connectivity index (χ3n) is 5.42. The molecule has 1 heterocycles. The third kappa shape index (κ3) is 5.76. The molecule has 0 spiro atoms. The van der Waals surface area contributed by atoms with Gasteiger partial charge in [0.1, 0.15) is 5.75 Å². The summed E-state index contributed by atoms with van der Waals surface area (Å²) in [5.41, 5.74) is 2.85. The van der Waals surface area contributed by atoms with Crippen molar-refractivity contribution in [1.82, 2.24) is 9.80 Å². The molecule has 1 aliphatic rings. The van der Waals surface area contributed by atoms with E-state index in [4.69, 9.17) is 16.3 Å². The lowest BCUT2D eigenvalue weighted by Crippen LogP contribution is -2.37. The lowest BCUT2D eigenvalue weighted by Gasteiger charge is -2.22. The molecule has 2 amide bonds. The minimum absolute atomic E-state index is 0.0111. The van der Waals surface area contributed by atoms with Crippen LogP contribution in [0.15, 0.2) is 42.5 Å². The van der Waals surface area contributed by atoms with Gasteiger partial charge in [-0.25, -0.2) is 0 Å². The second-order valence-corrected chi connectivity index (χ2v) is 8.14. The van der Waals surface area contributed by atoms with E-state index in [0.717, 1.165) is 23.3 Å². The first kappa shape index (κ1) is 22.2. The van der Waals surface area contributed by atoms with Gasteiger partial charge in [0.25, 0.3) is 5.91 Å². The number of carbonyl (C=O) groups excluding carboxylic acids is 2. The maximum absolute atomic E-state index is 12.7. The van der Waals surface area contributed by atoms with Gasteiger partial charge in [-0.2, -0.15) is 0 Å². The first-order valence-electron chi connectivity index (χ1n) is 10.5. The number of rotatable bonds is 6. The van der Waals surface area contributed by atoms with Crippen LogP contribution in [0.5, 0.6) is 5.75 Å². The fraction of sp³-hybridized carbons (Fsp3) is 0.417. The summed E-state index contributed by atoms with van der Waals surface area (Å²) >= 11 is 5.91. The fourth-order valence-electron chi connectivity index (χ4n) is 3.73. The van der Waals surface area contributed by atoms with Crippen LogP contribution in [0.25, 0.3) is 0 Å². The van der Waals surface area contributed by atoms with Crippen molar-refractivity contribution in [2.75, 3.05) is 32.8 Å². The van der Waals surface area contributed by atoms with E-state index in [1.165, 1.54) is 0 Å². The summed E-state index contributed by atoms with van der Waals surface area (Å²) in [5, 5.41) is 0.612. The molecule has 5 nitrogen and oxygen atoms in total. The van der Waals surface area contributed by atoms with Crippen molar-refractivity contribution >= 4 is 23.4 Å². The van der Waals surface area contributed by atoms with Gasteiger partial charge in [0.15, 0.2) is 0 Å². The molecule has 1 fully saturated rings. The van der Waals surface area contributed by atoms with Crippen LogP contribution in [0.3, 0.4) is 0 Å². The monoisotopic (exact) mass is 428 g/mol.